The number of nitrogens with zero attached hydrogens (tertiary/aromatic N) is 3. The van der Waals surface area contributed by atoms with Crippen LogP contribution in [0, 0.1) is 20.8 Å². The van der Waals surface area contributed by atoms with Crippen molar-refractivity contribution in [3.8, 4) is 17.6 Å². The van der Waals surface area contributed by atoms with E-state index < -0.39 is 0 Å². The van der Waals surface area contributed by atoms with Gasteiger partial charge in [0.1, 0.15) is 4.47 Å². The van der Waals surface area contributed by atoms with Gasteiger partial charge in [0.05, 0.1) is 25.5 Å². The zero-order valence-corrected chi connectivity index (χ0v) is 23.9. The molecule has 0 saturated heterocycles. The molecule has 3 aromatic heterocycles. The quantitative estimate of drug-likeness (QED) is 0.342. The highest BCUT2D eigenvalue weighted by atomic mass is 79.9. The Balaban J connectivity index is 0.000000271. The molecule has 0 unspecified atom stereocenters. The van der Waals surface area contributed by atoms with Gasteiger partial charge in [-0.2, -0.15) is 0 Å². The standard InChI is InChI=1S/C10H16N2O.C8H11BrN2O.C8H12N2O/c1-4-8-9(11)6-7(3)12-10(8)13-5-2;1-3-12-8-7(9)6(10)4-5(2)11-8;1-3-11-8-5-7(9)4-6(2)10-8/h6H,4-5H2,1-3H3,(H2,11,12);4H,3H2,1-2H3,(H2,10,11);4-5H,3H2,1-2H3,(H2,9,10). The topological polar surface area (TPSA) is 144 Å². The summed E-state index contributed by atoms with van der Waals surface area (Å²) in [5.74, 6) is 1.85. The van der Waals surface area contributed by atoms with Crippen molar-refractivity contribution in [3.63, 3.8) is 0 Å². The third-order valence-electron chi connectivity index (χ3n) is 4.49. The first-order chi connectivity index (χ1) is 17.1. The summed E-state index contributed by atoms with van der Waals surface area (Å²) < 4.78 is 16.6. The van der Waals surface area contributed by atoms with Crippen molar-refractivity contribution < 1.29 is 14.2 Å². The molecule has 0 aliphatic heterocycles. The summed E-state index contributed by atoms with van der Waals surface area (Å²) in [6.45, 7) is 15.3. The fraction of sp³-hybridized carbons (Fsp3) is 0.423. The minimum atomic E-state index is 0.565. The van der Waals surface area contributed by atoms with Crippen LogP contribution >= 0.6 is 15.9 Å². The van der Waals surface area contributed by atoms with Crippen molar-refractivity contribution in [1.29, 1.82) is 0 Å². The van der Waals surface area contributed by atoms with Crippen LogP contribution in [-0.4, -0.2) is 34.8 Å². The van der Waals surface area contributed by atoms with Crippen LogP contribution in [0.4, 0.5) is 17.1 Å². The summed E-state index contributed by atoms with van der Waals surface area (Å²) in [6, 6.07) is 7.20. The fourth-order valence-electron chi connectivity index (χ4n) is 3.08. The van der Waals surface area contributed by atoms with Crippen LogP contribution < -0.4 is 31.4 Å². The number of rotatable bonds is 7. The maximum absolute atomic E-state index is 5.84. The number of anilines is 3. The van der Waals surface area contributed by atoms with Crippen LogP contribution in [0.15, 0.2) is 28.7 Å². The Morgan fingerprint density at radius 1 is 0.667 bits per heavy atom. The Morgan fingerprint density at radius 3 is 1.69 bits per heavy atom. The highest BCUT2D eigenvalue weighted by Crippen LogP contribution is 2.29. The number of nitrogen functional groups attached to an aromatic ring is 3. The van der Waals surface area contributed by atoms with Crippen LogP contribution in [0.3, 0.4) is 0 Å². The molecule has 3 heterocycles. The number of halogens is 1. The number of pyridine rings is 3. The fourth-order valence-corrected chi connectivity index (χ4v) is 3.40. The Hall–Kier alpha value is -3.27. The van der Waals surface area contributed by atoms with E-state index in [1.54, 1.807) is 12.1 Å². The predicted molar refractivity (Wildman–Crippen MR) is 151 cm³/mol. The second-order valence-corrected chi connectivity index (χ2v) is 8.43. The monoisotopic (exact) mass is 562 g/mol. The molecular formula is C26H39BrN6O3. The molecule has 36 heavy (non-hydrogen) atoms. The van der Waals surface area contributed by atoms with Gasteiger partial charge in [0.2, 0.25) is 17.6 Å². The van der Waals surface area contributed by atoms with E-state index in [4.69, 9.17) is 31.4 Å². The van der Waals surface area contributed by atoms with Gasteiger partial charge >= 0.3 is 0 Å². The zero-order valence-electron chi connectivity index (χ0n) is 22.3. The van der Waals surface area contributed by atoms with Crippen molar-refractivity contribution in [3.05, 3.63) is 51.4 Å². The van der Waals surface area contributed by atoms with Crippen LogP contribution in [0.1, 0.15) is 50.3 Å². The molecule has 0 bridgehead atoms. The van der Waals surface area contributed by atoms with E-state index in [0.29, 0.717) is 48.8 Å². The lowest BCUT2D eigenvalue weighted by Crippen LogP contribution is -2.03. The molecule has 6 N–H and O–H groups in total. The number of ether oxygens (including phenoxy) is 3. The lowest BCUT2D eigenvalue weighted by atomic mass is 10.1. The van der Waals surface area contributed by atoms with Gasteiger partial charge < -0.3 is 31.4 Å². The van der Waals surface area contributed by atoms with Gasteiger partial charge in [0.25, 0.3) is 0 Å². The van der Waals surface area contributed by atoms with E-state index in [-0.39, 0.29) is 0 Å². The van der Waals surface area contributed by atoms with Gasteiger partial charge in [-0.25, -0.2) is 15.0 Å². The molecule has 0 atom stereocenters. The smallest absolute Gasteiger partial charge is 0.230 e. The van der Waals surface area contributed by atoms with Crippen molar-refractivity contribution in [2.75, 3.05) is 37.0 Å². The Morgan fingerprint density at radius 2 is 1.17 bits per heavy atom. The molecule has 198 valence electrons. The van der Waals surface area contributed by atoms with Gasteiger partial charge in [0, 0.05) is 40.1 Å². The third-order valence-corrected chi connectivity index (χ3v) is 5.29. The highest BCUT2D eigenvalue weighted by molar-refractivity contribution is 9.10. The van der Waals surface area contributed by atoms with Crippen LogP contribution in [0.2, 0.25) is 0 Å². The summed E-state index contributed by atoms with van der Waals surface area (Å²) in [5, 5.41) is 0. The van der Waals surface area contributed by atoms with Crippen LogP contribution in [-0.2, 0) is 6.42 Å². The molecule has 0 amide bonds. The lowest BCUT2D eigenvalue weighted by molar-refractivity contribution is 0.323. The van der Waals surface area contributed by atoms with E-state index in [2.05, 4.69) is 30.9 Å². The lowest BCUT2D eigenvalue weighted by Gasteiger charge is -2.10. The van der Waals surface area contributed by atoms with Crippen molar-refractivity contribution >= 4 is 33.0 Å². The molecule has 10 heteroatoms. The van der Waals surface area contributed by atoms with Gasteiger partial charge in [0.15, 0.2) is 0 Å². The molecule has 3 rings (SSSR count). The minimum Gasteiger partial charge on any atom is -0.478 e. The van der Waals surface area contributed by atoms with E-state index in [0.717, 1.165) is 39.2 Å². The van der Waals surface area contributed by atoms with E-state index >= 15 is 0 Å². The number of nitrogens with two attached hydrogens (primary N) is 3. The summed E-state index contributed by atoms with van der Waals surface area (Å²) in [5.41, 5.74) is 22.9. The Bertz CT molecular complexity index is 1090. The van der Waals surface area contributed by atoms with E-state index in [1.807, 2.05) is 60.6 Å². The van der Waals surface area contributed by atoms with Gasteiger partial charge in [-0.05, 0) is 82.1 Å². The molecule has 3 aromatic rings. The van der Waals surface area contributed by atoms with Gasteiger partial charge in [-0.15, -0.1) is 0 Å². The van der Waals surface area contributed by atoms with Gasteiger partial charge in [-0.3, -0.25) is 0 Å². The Kier molecular flexibility index (Phi) is 13.4. The molecule has 0 saturated carbocycles. The highest BCUT2D eigenvalue weighted by Gasteiger charge is 2.08. The molecule has 0 aliphatic carbocycles. The summed E-state index contributed by atoms with van der Waals surface area (Å²) in [7, 11) is 0. The molecule has 0 aliphatic rings. The van der Waals surface area contributed by atoms with E-state index in [1.165, 1.54) is 0 Å². The molecule has 0 fully saturated rings. The molecule has 0 spiro atoms. The van der Waals surface area contributed by atoms with Crippen LogP contribution in [0.25, 0.3) is 0 Å². The first-order valence-corrected chi connectivity index (χ1v) is 12.7. The minimum absolute atomic E-state index is 0.565. The molecule has 9 nitrogen and oxygen atoms in total. The number of hydrogen-bond acceptors (Lipinski definition) is 9. The van der Waals surface area contributed by atoms with Gasteiger partial charge in [-0.1, -0.05) is 6.92 Å². The van der Waals surface area contributed by atoms with E-state index in [9.17, 15) is 0 Å². The Labute approximate surface area is 222 Å². The summed E-state index contributed by atoms with van der Waals surface area (Å²) >= 11 is 3.30. The second kappa shape index (κ2) is 15.7. The molecule has 0 aromatic carbocycles. The number of aryl methyl sites for hydroxylation is 3. The summed E-state index contributed by atoms with van der Waals surface area (Å²) in [4.78, 5) is 12.6. The third kappa shape index (κ3) is 10.2. The maximum atomic E-state index is 5.84. The van der Waals surface area contributed by atoms with Crippen molar-refractivity contribution in [1.82, 2.24) is 15.0 Å². The largest absolute Gasteiger partial charge is 0.478 e. The molecule has 0 radical (unpaired) electrons. The average Bonchev–Trinajstić information content (AvgIpc) is 2.78. The first kappa shape index (κ1) is 30.8. The van der Waals surface area contributed by atoms with Crippen LogP contribution in [0.5, 0.6) is 17.6 Å². The zero-order chi connectivity index (χ0) is 27.3. The first-order valence-electron chi connectivity index (χ1n) is 11.9. The van der Waals surface area contributed by atoms with Crippen molar-refractivity contribution in [2.45, 2.75) is 54.9 Å². The average molecular weight is 564 g/mol. The number of aromatic nitrogens is 3. The second-order valence-electron chi connectivity index (χ2n) is 7.64. The number of hydrogen-bond donors (Lipinski definition) is 3. The maximum Gasteiger partial charge on any atom is 0.230 e. The predicted octanol–water partition coefficient (Wildman–Crippen LogP) is 5.44. The SMILES string of the molecule is CCOc1cc(N)cc(C)n1.CCOc1nc(C)cc(N)c1Br.CCOc1nc(C)cc(N)c1CC. The van der Waals surface area contributed by atoms with Crippen molar-refractivity contribution in [2.24, 2.45) is 0 Å². The summed E-state index contributed by atoms with van der Waals surface area (Å²) in [6.07, 6.45) is 0.856. The normalized spacial score (nSPS) is 9.89. The molecular weight excluding hydrogens is 524 g/mol.